The van der Waals surface area contributed by atoms with E-state index in [9.17, 15) is 8.42 Å². The normalized spacial score (nSPS) is 21.0. The number of rotatable bonds is 3. The van der Waals surface area contributed by atoms with Crippen LogP contribution in [0.1, 0.15) is 19.3 Å². The Hall–Kier alpha value is -0.740. The summed E-state index contributed by atoms with van der Waals surface area (Å²) >= 11 is 6.00. The van der Waals surface area contributed by atoms with E-state index in [1.807, 2.05) is 12.1 Å². The molecule has 0 aliphatic carbocycles. The van der Waals surface area contributed by atoms with E-state index in [4.69, 9.17) is 11.6 Å². The highest BCUT2D eigenvalue weighted by Crippen LogP contribution is 2.30. The molecular formula is C13H18ClNO2S. The minimum atomic E-state index is -3.20. The van der Waals surface area contributed by atoms with Crippen LogP contribution >= 0.6 is 11.6 Å². The SMILES string of the molecule is CS(=O)(=O)c1ccccc1N1CCCCC1CCl. The molecule has 1 heterocycles. The number of hydrogen-bond donors (Lipinski definition) is 0. The number of halogens is 1. The first-order valence-corrected chi connectivity index (χ1v) is 8.58. The summed E-state index contributed by atoms with van der Waals surface area (Å²) in [5, 5.41) is 0. The number of nitrogens with zero attached hydrogens (tertiary/aromatic N) is 1. The van der Waals surface area contributed by atoms with Crippen LogP contribution in [-0.4, -0.2) is 33.1 Å². The van der Waals surface area contributed by atoms with E-state index in [-0.39, 0.29) is 6.04 Å². The topological polar surface area (TPSA) is 37.4 Å². The van der Waals surface area contributed by atoms with Gasteiger partial charge in [-0.05, 0) is 31.4 Å². The highest BCUT2D eigenvalue weighted by Gasteiger charge is 2.25. The summed E-state index contributed by atoms with van der Waals surface area (Å²) in [6, 6.07) is 7.43. The van der Waals surface area contributed by atoms with Crippen LogP contribution in [0, 0.1) is 0 Å². The lowest BCUT2D eigenvalue weighted by molar-refractivity contribution is 0.485. The van der Waals surface area contributed by atoms with Gasteiger partial charge in [-0.3, -0.25) is 0 Å². The zero-order chi connectivity index (χ0) is 13.2. The van der Waals surface area contributed by atoms with E-state index < -0.39 is 9.84 Å². The van der Waals surface area contributed by atoms with E-state index in [2.05, 4.69) is 4.90 Å². The van der Waals surface area contributed by atoms with Crippen molar-refractivity contribution >= 4 is 27.1 Å². The lowest BCUT2D eigenvalue weighted by Gasteiger charge is -2.37. The largest absolute Gasteiger partial charge is 0.366 e. The standard InChI is InChI=1S/C13H18ClNO2S/c1-18(16,17)13-8-3-2-7-12(13)15-9-5-4-6-11(15)10-14/h2-3,7-8,11H,4-6,9-10H2,1H3. The Labute approximate surface area is 114 Å². The molecule has 0 radical (unpaired) electrons. The van der Waals surface area contributed by atoms with Crippen molar-refractivity contribution in [3.8, 4) is 0 Å². The average molecular weight is 288 g/mol. The highest BCUT2D eigenvalue weighted by atomic mass is 35.5. The number of alkyl halides is 1. The average Bonchev–Trinajstić information content (AvgIpc) is 2.37. The van der Waals surface area contributed by atoms with Crippen LogP contribution in [0.3, 0.4) is 0 Å². The van der Waals surface area contributed by atoms with Crippen molar-refractivity contribution < 1.29 is 8.42 Å². The second kappa shape index (κ2) is 5.49. The van der Waals surface area contributed by atoms with Gasteiger partial charge in [0, 0.05) is 24.7 Å². The number of anilines is 1. The molecule has 3 nitrogen and oxygen atoms in total. The van der Waals surface area contributed by atoms with E-state index in [1.54, 1.807) is 12.1 Å². The Morgan fingerprint density at radius 1 is 1.33 bits per heavy atom. The Kier molecular flexibility index (Phi) is 4.17. The molecule has 1 fully saturated rings. The smallest absolute Gasteiger partial charge is 0.177 e. The summed E-state index contributed by atoms with van der Waals surface area (Å²) in [7, 11) is -3.20. The molecule has 1 atom stereocenters. The first-order chi connectivity index (χ1) is 8.54. The quantitative estimate of drug-likeness (QED) is 0.802. The summed E-state index contributed by atoms with van der Waals surface area (Å²) in [5.74, 6) is 0.540. The zero-order valence-electron chi connectivity index (χ0n) is 10.5. The number of para-hydroxylation sites is 1. The van der Waals surface area contributed by atoms with E-state index in [1.165, 1.54) is 6.26 Å². The van der Waals surface area contributed by atoms with Gasteiger partial charge in [0.05, 0.1) is 10.6 Å². The molecule has 2 rings (SSSR count). The second-order valence-corrected chi connectivity index (χ2v) is 7.03. The predicted octanol–water partition coefficient (Wildman–Crippen LogP) is 2.69. The van der Waals surface area contributed by atoms with Gasteiger partial charge >= 0.3 is 0 Å². The number of hydrogen-bond acceptors (Lipinski definition) is 3. The Bertz CT molecular complexity index is 515. The van der Waals surface area contributed by atoms with Crippen molar-refractivity contribution in [2.75, 3.05) is 23.6 Å². The molecule has 1 aromatic carbocycles. The molecule has 0 amide bonds. The molecule has 1 saturated heterocycles. The summed E-state index contributed by atoms with van der Waals surface area (Å²) in [5.41, 5.74) is 0.797. The Balaban J connectivity index is 2.43. The molecule has 1 aliphatic rings. The second-order valence-electron chi connectivity index (χ2n) is 4.74. The first kappa shape index (κ1) is 13.7. The van der Waals surface area contributed by atoms with Crippen molar-refractivity contribution in [2.24, 2.45) is 0 Å². The van der Waals surface area contributed by atoms with Crippen LogP contribution < -0.4 is 4.90 Å². The number of sulfone groups is 1. The van der Waals surface area contributed by atoms with Crippen LogP contribution in [0.15, 0.2) is 29.2 Å². The third-order valence-electron chi connectivity index (χ3n) is 3.38. The summed E-state index contributed by atoms with van der Waals surface area (Å²) in [6.07, 6.45) is 4.54. The highest BCUT2D eigenvalue weighted by molar-refractivity contribution is 7.90. The van der Waals surface area contributed by atoms with Crippen LogP contribution in [0.4, 0.5) is 5.69 Å². The lowest BCUT2D eigenvalue weighted by atomic mass is 10.0. The molecule has 0 spiro atoms. The zero-order valence-corrected chi connectivity index (χ0v) is 12.0. The van der Waals surface area contributed by atoms with Gasteiger partial charge in [-0.25, -0.2) is 8.42 Å². The third-order valence-corrected chi connectivity index (χ3v) is 4.88. The maximum atomic E-state index is 11.8. The molecule has 0 saturated carbocycles. The van der Waals surface area contributed by atoms with Crippen molar-refractivity contribution in [2.45, 2.75) is 30.2 Å². The summed E-state index contributed by atoms with van der Waals surface area (Å²) < 4.78 is 23.7. The minimum Gasteiger partial charge on any atom is -0.366 e. The number of benzene rings is 1. The molecular weight excluding hydrogens is 270 g/mol. The van der Waals surface area contributed by atoms with Crippen LogP contribution in [0.2, 0.25) is 0 Å². The predicted molar refractivity (Wildman–Crippen MR) is 75.3 cm³/mol. The Morgan fingerprint density at radius 3 is 2.72 bits per heavy atom. The first-order valence-electron chi connectivity index (χ1n) is 6.15. The molecule has 5 heteroatoms. The molecule has 0 bridgehead atoms. The van der Waals surface area contributed by atoms with Gasteiger partial charge in [0.25, 0.3) is 0 Å². The van der Waals surface area contributed by atoms with Gasteiger partial charge < -0.3 is 4.90 Å². The molecule has 18 heavy (non-hydrogen) atoms. The lowest BCUT2D eigenvalue weighted by Crippen LogP contribution is -2.41. The molecule has 1 unspecified atom stereocenters. The fourth-order valence-electron chi connectivity index (χ4n) is 2.49. The fraction of sp³-hybridized carbons (Fsp3) is 0.538. The number of piperidine rings is 1. The van der Waals surface area contributed by atoms with Crippen molar-refractivity contribution in [1.29, 1.82) is 0 Å². The maximum absolute atomic E-state index is 11.8. The van der Waals surface area contributed by atoms with Gasteiger partial charge in [0.15, 0.2) is 9.84 Å². The summed E-state index contributed by atoms with van der Waals surface area (Å²) in [6.45, 7) is 0.879. The molecule has 100 valence electrons. The van der Waals surface area contributed by atoms with Crippen molar-refractivity contribution in [1.82, 2.24) is 0 Å². The van der Waals surface area contributed by atoms with Gasteiger partial charge in [-0.2, -0.15) is 0 Å². The van der Waals surface area contributed by atoms with Gasteiger partial charge in [0.2, 0.25) is 0 Å². The third kappa shape index (κ3) is 2.81. The van der Waals surface area contributed by atoms with E-state index in [0.717, 1.165) is 31.5 Å². The fourth-order valence-corrected chi connectivity index (χ4v) is 3.70. The van der Waals surface area contributed by atoms with Gasteiger partial charge in [-0.1, -0.05) is 12.1 Å². The molecule has 0 N–H and O–H groups in total. The van der Waals surface area contributed by atoms with Crippen LogP contribution in [-0.2, 0) is 9.84 Å². The van der Waals surface area contributed by atoms with E-state index in [0.29, 0.717) is 10.8 Å². The van der Waals surface area contributed by atoms with Crippen molar-refractivity contribution in [3.63, 3.8) is 0 Å². The summed E-state index contributed by atoms with van der Waals surface area (Å²) in [4.78, 5) is 2.55. The molecule has 1 aromatic rings. The van der Waals surface area contributed by atoms with Crippen LogP contribution in [0.5, 0.6) is 0 Å². The maximum Gasteiger partial charge on any atom is 0.177 e. The Morgan fingerprint density at radius 2 is 2.06 bits per heavy atom. The van der Waals surface area contributed by atoms with E-state index >= 15 is 0 Å². The van der Waals surface area contributed by atoms with Gasteiger partial charge in [-0.15, -0.1) is 11.6 Å². The van der Waals surface area contributed by atoms with Gasteiger partial charge in [0.1, 0.15) is 0 Å². The minimum absolute atomic E-state index is 0.239. The molecule has 1 aliphatic heterocycles. The van der Waals surface area contributed by atoms with Crippen molar-refractivity contribution in [3.05, 3.63) is 24.3 Å². The van der Waals surface area contributed by atoms with Crippen LogP contribution in [0.25, 0.3) is 0 Å². The monoisotopic (exact) mass is 287 g/mol. The molecule has 0 aromatic heterocycles.